The van der Waals surface area contributed by atoms with Crippen molar-refractivity contribution in [3.63, 3.8) is 0 Å². The number of amides is 3. The summed E-state index contributed by atoms with van der Waals surface area (Å²) in [7, 11) is 2.81. The van der Waals surface area contributed by atoms with Gasteiger partial charge in [-0.1, -0.05) is 13.8 Å². The molecular formula is C13H25N3O5. The molecular weight excluding hydrogens is 278 g/mol. The van der Waals surface area contributed by atoms with Gasteiger partial charge >= 0.3 is 12.0 Å². The van der Waals surface area contributed by atoms with Crippen LogP contribution >= 0.6 is 0 Å². The van der Waals surface area contributed by atoms with Crippen molar-refractivity contribution in [3.8, 4) is 0 Å². The van der Waals surface area contributed by atoms with E-state index in [0.717, 1.165) is 0 Å². The highest BCUT2D eigenvalue weighted by molar-refractivity contribution is 5.87. The van der Waals surface area contributed by atoms with E-state index in [0.29, 0.717) is 13.2 Å². The summed E-state index contributed by atoms with van der Waals surface area (Å²) in [5.41, 5.74) is 5.09. The summed E-state index contributed by atoms with van der Waals surface area (Å²) >= 11 is 0. The maximum Gasteiger partial charge on any atom is 0.312 e. The van der Waals surface area contributed by atoms with Crippen molar-refractivity contribution in [2.24, 2.45) is 11.7 Å². The zero-order chi connectivity index (χ0) is 16.4. The van der Waals surface area contributed by atoms with Gasteiger partial charge in [-0.15, -0.1) is 0 Å². The van der Waals surface area contributed by atoms with Gasteiger partial charge in [0.15, 0.2) is 0 Å². The van der Waals surface area contributed by atoms with Crippen LogP contribution in [0, 0.1) is 5.92 Å². The monoisotopic (exact) mass is 303 g/mol. The number of hydrogen-bond donors (Lipinski definition) is 2. The molecule has 8 nitrogen and oxygen atoms in total. The van der Waals surface area contributed by atoms with E-state index in [1.54, 1.807) is 13.8 Å². The first-order chi connectivity index (χ1) is 9.83. The smallest absolute Gasteiger partial charge is 0.312 e. The van der Waals surface area contributed by atoms with Crippen LogP contribution < -0.4 is 11.1 Å². The highest BCUT2D eigenvalue weighted by Gasteiger charge is 2.28. The molecule has 0 aliphatic heterocycles. The third-order valence-electron chi connectivity index (χ3n) is 2.92. The van der Waals surface area contributed by atoms with Crippen LogP contribution in [0.1, 0.15) is 20.3 Å². The Hall–Kier alpha value is -1.83. The Morgan fingerprint density at radius 2 is 1.81 bits per heavy atom. The summed E-state index contributed by atoms with van der Waals surface area (Å²) in [5.74, 6) is -0.841. The highest BCUT2D eigenvalue weighted by atomic mass is 16.5. The van der Waals surface area contributed by atoms with E-state index in [2.05, 4.69) is 10.1 Å². The van der Waals surface area contributed by atoms with Crippen LogP contribution in [0.25, 0.3) is 0 Å². The molecule has 0 radical (unpaired) electrons. The number of esters is 1. The molecule has 8 heteroatoms. The topological polar surface area (TPSA) is 111 Å². The summed E-state index contributed by atoms with van der Waals surface area (Å²) in [4.78, 5) is 36.2. The highest BCUT2D eigenvalue weighted by Crippen LogP contribution is 2.07. The van der Waals surface area contributed by atoms with Crippen LogP contribution in [0.4, 0.5) is 4.79 Å². The van der Waals surface area contributed by atoms with Crippen LogP contribution in [0.3, 0.4) is 0 Å². The Bertz CT molecular complexity index is 360. The predicted molar refractivity (Wildman–Crippen MR) is 76.4 cm³/mol. The number of urea groups is 1. The standard InChI is InChI=1S/C13H25N3O5/c1-9(2)11(15-13(14)19)12(18)16(7-8-20-3)6-5-10(17)21-4/h9,11H,5-8H2,1-4H3,(H3,14,15,19). The van der Waals surface area contributed by atoms with Gasteiger partial charge in [0.1, 0.15) is 6.04 Å². The molecule has 0 heterocycles. The minimum Gasteiger partial charge on any atom is -0.469 e. The SMILES string of the molecule is COCCN(CCC(=O)OC)C(=O)C(NC(N)=O)C(C)C. The van der Waals surface area contributed by atoms with Crippen molar-refractivity contribution in [1.29, 1.82) is 0 Å². The molecule has 0 aliphatic carbocycles. The van der Waals surface area contributed by atoms with Crippen LogP contribution in [0.15, 0.2) is 0 Å². The molecule has 0 aromatic heterocycles. The number of nitrogens with two attached hydrogens (primary N) is 1. The third-order valence-corrected chi connectivity index (χ3v) is 2.92. The summed E-state index contributed by atoms with van der Waals surface area (Å²) < 4.78 is 9.51. The van der Waals surface area contributed by atoms with Gasteiger partial charge in [0.25, 0.3) is 0 Å². The molecule has 1 atom stereocenters. The van der Waals surface area contributed by atoms with E-state index in [9.17, 15) is 14.4 Å². The fourth-order valence-electron chi connectivity index (χ4n) is 1.73. The normalized spacial score (nSPS) is 11.9. The van der Waals surface area contributed by atoms with E-state index in [1.165, 1.54) is 19.1 Å². The molecule has 21 heavy (non-hydrogen) atoms. The Morgan fingerprint density at radius 1 is 1.19 bits per heavy atom. The van der Waals surface area contributed by atoms with Gasteiger partial charge < -0.3 is 25.4 Å². The Balaban J connectivity index is 4.86. The summed E-state index contributed by atoms with van der Waals surface area (Å²) in [6.07, 6.45) is 0.0767. The molecule has 0 saturated carbocycles. The lowest BCUT2D eigenvalue weighted by atomic mass is 10.0. The molecule has 0 rings (SSSR count). The number of rotatable bonds is 9. The van der Waals surface area contributed by atoms with Gasteiger partial charge in [-0.25, -0.2) is 4.79 Å². The number of nitrogens with zero attached hydrogens (tertiary/aromatic N) is 1. The third kappa shape index (κ3) is 7.50. The number of hydrogen-bond acceptors (Lipinski definition) is 5. The van der Waals surface area contributed by atoms with Crippen molar-refractivity contribution in [1.82, 2.24) is 10.2 Å². The molecule has 0 aromatic carbocycles. The van der Waals surface area contributed by atoms with Crippen molar-refractivity contribution >= 4 is 17.9 Å². The van der Waals surface area contributed by atoms with Gasteiger partial charge in [-0.2, -0.15) is 0 Å². The van der Waals surface area contributed by atoms with E-state index in [-0.39, 0.29) is 24.8 Å². The average Bonchev–Trinajstić information content (AvgIpc) is 2.43. The lowest BCUT2D eigenvalue weighted by Crippen LogP contribution is -2.53. The summed E-state index contributed by atoms with van der Waals surface area (Å²) in [6, 6.07) is -1.50. The number of methoxy groups -OCH3 is 2. The fraction of sp³-hybridized carbons (Fsp3) is 0.769. The molecule has 122 valence electrons. The van der Waals surface area contributed by atoms with Gasteiger partial charge in [0.05, 0.1) is 20.1 Å². The number of nitrogens with one attached hydrogen (secondary N) is 1. The largest absolute Gasteiger partial charge is 0.469 e. The zero-order valence-corrected chi connectivity index (χ0v) is 13.0. The first kappa shape index (κ1) is 19.2. The lowest BCUT2D eigenvalue weighted by molar-refractivity contribution is -0.142. The van der Waals surface area contributed by atoms with Crippen LogP contribution in [-0.2, 0) is 19.1 Å². The molecule has 0 aromatic rings. The molecule has 0 saturated heterocycles. The van der Waals surface area contributed by atoms with E-state index in [1.807, 2.05) is 0 Å². The van der Waals surface area contributed by atoms with Crippen molar-refractivity contribution in [3.05, 3.63) is 0 Å². The number of carbonyl (C=O) groups excluding carboxylic acids is 3. The second-order valence-electron chi connectivity index (χ2n) is 4.87. The molecule has 3 amide bonds. The number of ether oxygens (including phenoxy) is 2. The van der Waals surface area contributed by atoms with Gasteiger partial charge in [0.2, 0.25) is 5.91 Å². The molecule has 0 bridgehead atoms. The molecule has 0 aliphatic rings. The first-order valence-corrected chi connectivity index (χ1v) is 6.74. The van der Waals surface area contributed by atoms with Crippen LogP contribution in [0.5, 0.6) is 0 Å². The minimum absolute atomic E-state index is 0.0767. The minimum atomic E-state index is -0.762. The van der Waals surface area contributed by atoms with E-state index in [4.69, 9.17) is 10.5 Å². The Morgan fingerprint density at radius 3 is 2.24 bits per heavy atom. The van der Waals surface area contributed by atoms with Crippen molar-refractivity contribution in [2.75, 3.05) is 33.9 Å². The number of primary amides is 1. The maximum absolute atomic E-state index is 12.5. The van der Waals surface area contributed by atoms with Gasteiger partial charge in [-0.3, -0.25) is 9.59 Å². The lowest BCUT2D eigenvalue weighted by Gasteiger charge is -2.29. The zero-order valence-electron chi connectivity index (χ0n) is 13.0. The van der Waals surface area contributed by atoms with Crippen molar-refractivity contribution in [2.45, 2.75) is 26.3 Å². The fourth-order valence-corrected chi connectivity index (χ4v) is 1.73. The van der Waals surface area contributed by atoms with E-state index < -0.39 is 18.0 Å². The second-order valence-corrected chi connectivity index (χ2v) is 4.87. The van der Waals surface area contributed by atoms with Gasteiger partial charge in [-0.05, 0) is 5.92 Å². The second kappa shape index (κ2) is 9.98. The van der Waals surface area contributed by atoms with Gasteiger partial charge in [0, 0.05) is 20.2 Å². The van der Waals surface area contributed by atoms with Crippen LogP contribution in [-0.4, -0.2) is 62.8 Å². The molecule has 1 unspecified atom stereocenters. The Kier molecular flexibility index (Phi) is 9.11. The Labute approximate surface area is 124 Å². The molecule has 3 N–H and O–H groups in total. The average molecular weight is 303 g/mol. The predicted octanol–water partition coefficient (Wildman–Crippen LogP) is -0.283. The van der Waals surface area contributed by atoms with Crippen molar-refractivity contribution < 1.29 is 23.9 Å². The summed E-state index contributed by atoms with van der Waals surface area (Å²) in [6.45, 7) is 4.43. The molecule has 0 fully saturated rings. The number of carbonyl (C=O) groups is 3. The maximum atomic E-state index is 12.5. The quantitative estimate of drug-likeness (QED) is 0.569. The van der Waals surface area contributed by atoms with E-state index >= 15 is 0 Å². The first-order valence-electron chi connectivity index (χ1n) is 6.74. The van der Waals surface area contributed by atoms with Crippen LogP contribution in [0.2, 0.25) is 0 Å². The summed E-state index contributed by atoms with van der Waals surface area (Å²) in [5, 5.41) is 2.43. The molecule has 0 spiro atoms.